The van der Waals surface area contributed by atoms with E-state index in [2.05, 4.69) is 0 Å². The molecule has 1 aromatic carbocycles. The monoisotopic (exact) mass is 326 g/mol. The summed E-state index contributed by atoms with van der Waals surface area (Å²) >= 11 is 7.47. The van der Waals surface area contributed by atoms with Crippen LogP contribution in [0.2, 0.25) is 4.34 Å². The van der Waals surface area contributed by atoms with Gasteiger partial charge in [-0.05, 0) is 50.1 Å². The van der Waals surface area contributed by atoms with Crippen molar-refractivity contribution < 1.29 is 14.6 Å². The van der Waals surface area contributed by atoms with Gasteiger partial charge in [-0.2, -0.15) is 0 Å². The molecular formula is C16H19ClO3S. The van der Waals surface area contributed by atoms with E-state index in [1.54, 1.807) is 0 Å². The number of aryl methyl sites for hydroxylation is 1. The second-order valence-corrected chi connectivity index (χ2v) is 6.27. The molecule has 0 aliphatic carbocycles. The molecule has 0 spiro atoms. The smallest absolute Gasteiger partial charge is 0.161 e. The Morgan fingerprint density at radius 2 is 1.81 bits per heavy atom. The summed E-state index contributed by atoms with van der Waals surface area (Å²) in [5.74, 6) is 1.34. The van der Waals surface area contributed by atoms with Gasteiger partial charge in [-0.3, -0.25) is 0 Å². The Balaban J connectivity index is 2.32. The van der Waals surface area contributed by atoms with E-state index in [9.17, 15) is 5.11 Å². The zero-order valence-electron chi connectivity index (χ0n) is 12.4. The van der Waals surface area contributed by atoms with Crippen molar-refractivity contribution in [2.24, 2.45) is 0 Å². The van der Waals surface area contributed by atoms with Crippen LogP contribution in [-0.4, -0.2) is 18.3 Å². The zero-order valence-corrected chi connectivity index (χ0v) is 13.9. The number of thiophene rings is 1. The van der Waals surface area contributed by atoms with Crippen molar-refractivity contribution in [1.29, 1.82) is 0 Å². The third-order valence-corrected chi connectivity index (χ3v) is 4.64. The van der Waals surface area contributed by atoms with Crippen molar-refractivity contribution in [3.8, 4) is 11.5 Å². The van der Waals surface area contributed by atoms with Crippen LogP contribution in [0, 0.1) is 6.92 Å². The van der Waals surface area contributed by atoms with Crippen LogP contribution in [0.4, 0.5) is 0 Å². The lowest BCUT2D eigenvalue weighted by atomic mass is 10.1. The van der Waals surface area contributed by atoms with Gasteiger partial charge >= 0.3 is 0 Å². The van der Waals surface area contributed by atoms with Crippen molar-refractivity contribution in [2.45, 2.75) is 26.9 Å². The van der Waals surface area contributed by atoms with Gasteiger partial charge < -0.3 is 14.6 Å². The normalized spacial score (nSPS) is 12.2. The Morgan fingerprint density at radius 3 is 2.38 bits per heavy atom. The van der Waals surface area contributed by atoms with E-state index in [1.807, 2.05) is 45.0 Å². The van der Waals surface area contributed by atoms with Gasteiger partial charge in [0.15, 0.2) is 11.5 Å². The highest BCUT2D eigenvalue weighted by molar-refractivity contribution is 7.16. The summed E-state index contributed by atoms with van der Waals surface area (Å²) < 4.78 is 11.8. The van der Waals surface area contributed by atoms with E-state index in [0.717, 1.165) is 16.0 Å². The first-order valence-corrected chi connectivity index (χ1v) is 8.09. The second kappa shape index (κ2) is 7.16. The van der Waals surface area contributed by atoms with E-state index in [1.165, 1.54) is 11.3 Å². The molecule has 5 heteroatoms. The van der Waals surface area contributed by atoms with Gasteiger partial charge in [0.25, 0.3) is 0 Å². The first-order chi connectivity index (χ1) is 10.1. The molecule has 1 heterocycles. The maximum Gasteiger partial charge on any atom is 0.161 e. The fraction of sp³-hybridized carbons (Fsp3) is 0.375. The molecule has 0 saturated carbocycles. The van der Waals surface area contributed by atoms with Gasteiger partial charge in [-0.1, -0.05) is 17.7 Å². The number of hydrogen-bond acceptors (Lipinski definition) is 4. The quantitative estimate of drug-likeness (QED) is 0.843. The third-order valence-electron chi connectivity index (χ3n) is 3.03. The van der Waals surface area contributed by atoms with E-state index in [4.69, 9.17) is 21.1 Å². The van der Waals surface area contributed by atoms with Crippen LogP contribution in [0.25, 0.3) is 0 Å². The molecule has 0 bridgehead atoms. The summed E-state index contributed by atoms with van der Waals surface area (Å²) in [7, 11) is 0. The maximum atomic E-state index is 10.5. The minimum Gasteiger partial charge on any atom is -0.490 e. The Kier molecular flexibility index (Phi) is 5.51. The molecule has 0 aliphatic heterocycles. The average molecular weight is 327 g/mol. The zero-order chi connectivity index (χ0) is 15.4. The molecule has 1 unspecified atom stereocenters. The lowest BCUT2D eigenvalue weighted by molar-refractivity contribution is 0.222. The Hall–Kier alpha value is -1.23. The van der Waals surface area contributed by atoms with E-state index < -0.39 is 6.10 Å². The highest BCUT2D eigenvalue weighted by atomic mass is 35.5. The summed E-state index contributed by atoms with van der Waals surface area (Å²) in [6, 6.07) is 7.41. The highest BCUT2D eigenvalue weighted by Crippen LogP contribution is 2.37. The van der Waals surface area contributed by atoms with E-state index in [-0.39, 0.29) is 0 Å². The van der Waals surface area contributed by atoms with Crippen molar-refractivity contribution in [1.82, 2.24) is 0 Å². The SMILES string of the molecule is CCOc1ccc(C(O)c2cc(C)c(Cl)s2)cc1OCC. The van der Waals surface area contributed by atoms with Crippen LogP contribution < -0.4 is 9.47 Å². The topological polar surface area (TPSA) is 38.7 Å². The molecule has 0 aliphatic rings. The molecule has 0 saturated heterocycles. The molecule has 0 radical (unpaired) electrons. The fourth-order valence-corrected chi connectivity index (χ4v) is 3.25. The molecule has 21 heavy (non-hydrogen) atoms. The number of hydrogen-bond donors (Lipinski definition) is 1. The molecular weight excluding hydrogens is 308 g/mol. The Labute approximate surface area is 134 Å². The highest BCUT2D eigenvalue weighted by Gasteiger charge is 2.17. The minimum absolute atomic E-state index is 0.545. The Bertz CT molecular complexity index is 590. The van der Waals surface area contributed by atoms with Crippen LogP contribution in [0.1, 0.15) is 36.0 Å². The molecule has 1 N–H and O–H groups in total. The number of aliphatic hydroxyl groups excluding tert-OH is 1. The molecule has 0 fully saturated rings. The molecule has 1 atom stereocenters. The summed E-state index contributed by atoms with van der Waals surface area (Å²) in [6.07, 6.45) is -0.712. The van der Waals surface area contributed by atoms with Crippen molar-refractivity contribution >= 4 is 22.9 Å². The standard InChI is InChI=1S/C16H19ClO3S/c1-4-19-12-7-6-11(9-13(12)20-5-2)15(18)14-8-10(3)16(17)21-14/h6-9,15,18H,4-5H2,1-3H3. The summed E-state index contributed by atoms with van der Waals surface area (Å²) in [4.78, 5) is 0.823. The maximum absolute atomic E-state index is 10.5. The summed E-state index contributed by atoms with van der Waals surface area (Å²) in [5, 5.41) is 10.5. The lowest BCUT2D eigenvalue weighted by Gasteiger charge is -2.15. The van der Waals surface area contributed by atoms with E-state index >= 15 is 0 Å². The van der Waals surface area contributed by atoms with Crippen LogP contribution in [-0.2, 0) is 0 Å². The lowest BCUT2D eigenvalue weighted by Crippen LogP contribution is -2.02. The van der Waals surface area contributed by atoms with Gasteiger partial charge in [0.2, 0.25) is 0 Å². The molecule has 1 aromatic heterocycles. The van der Waals surface area contributed by atoms with Crippen LogP contribution in [0.5, 0.6) is 11.5 Å². The molecule has 114 valence electrons. The first kappa shape index (κ1) is 16.1. The molecule has 0 amide bonds. The molecule has 2 aromatic rings. The van der Waals surface area contributed by atoms with Crippen LogP contribution in [0.15, 0.2) is 24.3 Å². The third kappa shape index (κ3) is 3.70. The number of aliphatic hydroxyl groups is 1. The van der Waals surface area contributed by atoms with Gasteiger partial charge in [0.05, 0.1) is 17.6 Å². The fourth-order valence-electron chi connectivity index (χ4n) is 2.02. The van der Waals surface area contributed by atoms with Gasteiger partial charge in [-0.15, -0.1) is 11.3 Å². The minimum atomic E-state index is -0.712. The predicted molar refractivity (Wildman–Crippen MR) is 86.9 cm³/mol. The largest absolute Gasteiger partial charge is 0.490 e. The van der Waals surface area contributed by atoms with Gasteiger partial charge in [0.1, 0.15) is 6.10 Å². The van der Waals surface area contributed by atoms with E-state index in [0.29, 0.717) is 29.0 Å². The van der Waals surface area contributed by atoms with Gasteiger partial charge in [0, 0.05) is 4.88 Å². The Morgan fingerprint density at radius 1 is 1.14 bits per heavy atom. The molecule has 2 rings (SSSR count). The van der Waals surface area contributed by atoms with Crippen LogP contribution in [0.3, 0.4) is 0 Å². The second-order valence-electron chi connectivity index (χ2n) is 4.58. The number of halogens is 1. The van der Waals surface area contributed by atoms with Crippen molar-refractivity contribution in [2.75, 3.05) is 13.2 Å². The summed E-state index contributed by atoms with van der Waals surface area (Å²) in [5.41, 5.74) is 1.74. The number of benzene rings is 1. The number of rotatable bonds is 6. The average Bonchev–Trinajstić information content (AvgIpc) is 2.80. The van der Waals surface area contributed by atoms with Gasteiger partial charge in [-0.25, -0.2) is 0 Å². The summed E-state index contributed by atoms with van der Waals surface area (Å²) in [6.45, 7) is 6.89. The van der Waals surface area contributed by atoms with Crippen molar-refractivity contribution in [3.63, 3.8) is 0 Å². The van der Waals surface area contributed by atoms with Crippen molar-refractivity contribution in [3.05, 3.63) is 44.6 Å². The van der Waals surface area contributed by atoms with Crippen LogP contribution >= 0.6 is 22.9 Å². The molecule has 3 nitrogen and oxygen atoms in total. The number of ether oxygens (including phenoxy) is 2. The first-order valence-electron chi connectivity index (χ1n) is 6.90. The predicted octanol–water partition coefficient (Wildman–Crippen LogP) is 4.59.